The molecule has 0 saturated carbocycles. The van der Waals surface area contributed by atoms with Gasteiger partial charge in [0.1, 0.15) is 6.10 Å². The molecule has 0 amide bonds. The fourth-order valence-electron chi connectivity index (χ4n) is 5.32. The summed E-state index contributed by atoms with van der Waals surface area (Å²) in [6.07, 6.45) is 6.01. The van der Waals surface area contributed by atoms with E-state index >= 15 is 0 Å². The van der Waals surface area contributed by atoms with Crippen molar-refractivity contribution in [2.45, 2.75) is 31.8 Å². The number of carbonyl (C=O) groups is 1. The predicted molar refractivity (Wildman–Crippen MR) is 115 cm³/mol. The highest BCUT2D eigenvalue weighted by molar-refractivity contribution is 5.68. The van der Waals surface area contributed by atoms with Gasteiger partial charge in [-0.15, -0.1) is 0 Å². The Morgan fingerprint density at radius 3 is 2.41 bits per heavy atom. The smallest absolute Gasteiger partial charge is 0.303 e. The molecule has 0 bridgehead atoms. The van der Waals surface area contributed by atoms with Crippen LogP contribution in [-0.2, 0) is 22.4 Å². The van der Waals surface area contributed by atoms with Crippen molar-refractivity contribution >= 4 is 12.0 Å². The third-order valence-corrected chi connectivity index (χ3v) is 6.46. The average molecular weight is 380 g/mol. The largest absolute Gasteiger partial charge is 0.457 e. The zero-order chi connectivity index (χ0) is 19.8. The zero-order valence-electron chi connectivity index (χ0n) is 16.5. The molecule has 0 N–H and O–H groups in total. The Bertz CT molecular complexity index is 1080. The number of rotatable bonds is 4. The lowest BCUT2D eigenvalue weighted by molar-refractivity contribution is -0.154. The summed E-state index contributed by atoms with van der Waals surface area (Å²) in [4.78, 5) is 12.2. The van der Waals surface area contributed by atoms with Crippen LogP contribution in [0.15, 0.2) is 84.9 Å². The van der Waals surface area contributed by atoms with Crippen LogP contribution in [0.3, 0.4) is 0 Å². The standard InChI is InChI=1S/C27H24O2/c1-19(28)29-26-24-14-8-6-12-22(24)18-27(26,17-20-9-3-2-4-10-20)25-16-15-21-11-5-7-13-23(21)25/h2-16,25-26H,17-18H2,1H3. The number of carbonyl (C=O) groups excluding carboxylic acids is 1. The first kappa shape index (κ1) is 17.9. The first-order valence-electron chi connectivity index (χ1n) is 10.2. The van der Waals surface area contributed by atoms with E-state index in [2.05, 4.69) is 78.9 Å². The van der Waals surface area contributed by atoms with E-state index in [0.29, 0.717) is 0 Å². The SMILES string of the molecule is CC(=O)OC1c2ccccc2CC1(Cc1ccccc1)C1C=Cc2ccccc21. The molecule has 5 rings (SSSR count). The number of fused-ring (bicyclic) bond motifs is 2. The highest BCUT2D eigenvalue weighted by Crippen LogP contribution is 2.59. The van der Waals surface area contributed by atoms with Crippen LogP contribution in [0.5, 0.6) is 0 Å². The van der Waals surface area contributed by atoms with Gasteiger partial charge < -0.3 is 4.74 Å². The molecule has 2 heteroatoms. The van der Waals surface area contributed by atoms with Gasteiger partial charge in [-0.05, 0) is 40.7 Å². The van der Waals surface area contributed by atoms with Gasteiger partial charge in [-0.25, -0.2) is 0 Å². The van der Waals surface area contributed by atoms with E-state index in [9.17, 15) is 4.79 Å². The van der Waals surface area contributed by atoms with E-state index in [1.54, 1.807) is 0 Å². The summed E-state index contributed by atoms with van der Waals surface area (Å²) in [7, 11) is 0. The van der Waals surface area contributed by atoms with Crippen LogP contribution in [0.25, 0.3) is 6.08 Å². The number of benzene rings is 3. The molecule has 0 heterocycles. The lowest BCUT2D eigenvalue weighted by Crippen LogP contribution is -2.36. The maximum absolute atomic E-state index is 12.2. The molecule has 0 radical (unpaired) electrons. The summed E-state index contributed by atoms with van der Waals surface area (Å²) < 4.78 is 6.08. The van der Waals surface area contributed by atoms with Crippen LogP contribution in [0.4, 0.5) is 0 Å². The quantitative estimate of drug-likeness (QED) is 0.528. The summed E-state index contributed by atoms with van der Waals surface area (Å²) in [5.74, 6) is -0.0324. The van der Waals surface area contributed by atoms with Crippen molar-refractivity contribution in [3.8, 4) is 0 Å². The molecule has 0 spiro atoms. The highest BCUT2D eigenvalue weighted by Gasteiger charge is 2.53. The van der Waals surface area contributed by atoms with Gasteiger partial charge in [0.25, 0.3) is 0 Å². The van der Waals surface area contributed by atoms with Crippen molar-refractivity contribution in [2.75, 3.05) is 0 Å². The maximum atomic E-state index is 12.2. The summed E-state index contributed by atoms with van der Waals surface area (Å²) in [6.45, 7) is 1.52. The minimum absolute atomic E-state index is 0.190. The van der Waals surface area contributed by atoms with E-state index in [0.717, 1.165) is 18.4 Å². The Kier molecular flexibility index (Phi) is 4.35. The monoisotopic (exact) mass is 380 g/mol. The Morgan fingerprint density at radius 1 is 0.931 bits per heavy atom. The Balaban J connectivity index is 1.69. The molecule has 0 aliphatic heterocycles. The molecule has 2 aliphatic carbocycles. The molecule has 3 atom stereocenters. The van der Waals surface area contributed by atoms with E-state index < -0.39 is 0 Å². The minimum Gasteiger partial charge on any atom is -0.457 e. The Labute approximate surface area is 171 Å². The van der Waals surface area contributed by atoms with Gasteiger partial charge in [0.05, 0.1) is 0 Å². The first-order chi connectivity index (χ1) is 14.2. The average Bonchev–Trinajstić information content (AvgIpc) is 3.29. The van der Waals surface area contributed by atoms with Gasteiger partial charge in [-0.2, -0.15) is 0 Å². The zero-order valence-corrected chi connectivity index (χ0v) is 16.5. The second-order valence-electron chi connectivity index (χ2n) is 8.23. The number of hydrogen-bond acceptors (Lipinski definition) is 2. The van der Waals surface area contributed by atoms with Crippen LogP contribution >= 0.6 is 0 Å². The predicted octanol–water partition coefficient (Wildman–Crippen LogP) is 5.89. The molecule has 3 unspecified atom stereocenters. The molecule has 2 aliphatic rings. The van der Waals surface area contributed by atoms with Crippen molar-refractivity contribution in [3.05, 3.63) is 113 Å². The Hall–Kier alpha value is -3.13. The van der Waals surface area contributed by atoms with Crippen molar-refractivity contribution in [1.82, 2.24) is 0 Å². The van der Waals surface area contributed by atoms with Gasteiger partial charge in [0.15, 0.2) is 0 Å². The van der Waals surface area contributed by atoms with Gasteiger partial charge in [-0.1, -0.05) is 91.0 Å². The van der Waals surface area contributed by atoms with E-state index in [1.165, 1.54) is 29.2 Å². The summed E-state index contributed by atoms with van der Waals surface area (Å²) in [6, 6.07) is 27.6. The molecule has 3 aromatic rings. The molecule has 29 heavy (non-hydrogen) atoms. The van der Waals surface area contributed by atoms with Crippen LogP contribution in [0, 0.1) is 5.41 Å². The lowest BCUT2D eigenvalue weighted by atomic mass is 9.66. The van der Waals surface area contributed by atoms with Crippen LogP contribution in [-0.4, -0.2) is 5.97 Å². The van der Waals surface area contributed by atoms with Gasteiger partial charge >= 0.3 is 5.97 Å². The molecular formula is C27H24O2. The van der Waals surface area contributed by atoms with Gasteiger partial charge in [0, 0.05) is 18.3 Å². The van der Waals surface area contributed by atoms with Gasteiger partial charge in [-0.3, -0.25) is 4.79 Å². The molecule has 0 fully saturated rings. The number of esters is 1. The lowest BCUT2D eigenvalue weighted by Gasteiger charge is -2.40. The summed E-state index contributed by atoms with van der Waals surface area (Å²) in [5, 5.41) is 0. The second-order valence-corrected chi connectivity index (χ2v) is 8.23. The second kappa shape index (κ2) is 7.04. The van der Waals surface area contributed by atoms with Crippen molar-refractivity contribution in [2.24, 2.45) is 5.41 Å². The normalized spacial score (nSPS) is 24.2. The molecule has 3 aromatic carbocycles. The van der Waals surface area contributed by atoms with Gasteiger partial charge in [0.2, 0.25) is 0 Å². The van der Waals surface area contributed by atoms with Crippen molar-refractivity contribution in [1.29, 1.82) is 0 Å². The fraction of sp³-hybridized carbons (Fsp3) is 0.222. The third-order valence-electron chi connectivity index (χ3n) is 6.46. The van der Waals surface area contributed by atoms with E-state index in [4.69, 9.17) is 4.74 Å². The molecule has 144 valence electrons. The molecular weight excluding hydrogens is 356 g/mol. The highest BCUT2D eigenvalue weighted by atomic mass is 16.5. The van der Waals surface area contributed by atoms with E-state index in [-0.39, 0.29) is 23.4 Å². The van der Waals surface area contributed by atoms with Crippen molar-refractivity contribution < 1.29 is 9.53 Å². The maximum Gasteiger partial charge on any atom is 0.303 e. The number of allylic oxidation sites excluding steroid dienone is 1. The fourth-order valence-corrected chi connectivity index (χ4v) is 5.32. The Morgan fingerprint density at radius 2 is 1.62 bits per heavy atom. The number of hydrogen-bond donors (Lipinski definition) is 0. The first-order valence-corrected chi connectivity index (χ1v) is 10.2. The molecule has 2 nitrogen and oxygen atoms in total. The third kappa shape index (κ3) is 3.00. The van der Waals surface area contributed by atoms with Crippen LogP contribution in [0.1, 0.15) is 46.8 Å². The summed E-state index contributed by atoms with van der Waals surface area (Å²) >= 11 is 0. The number of ether oxygens (including phenoxy) is 1. The van der Waals surface area contributed by atoms with Crippen molar-refractivity contribution in [3.63, 3.8) is 0 Å². The van der Waals surface area contributed by atoms with E-state index in [1.807, 2.05) is 12.1 Å². The van der Waals surface area contributed by atoms with Crippen LogP contribution < -0.4 is 0 Å². The molecule has 0 aromatic heterocycles. The topological polar surface area (TPSA) is 26.3 Å². The van der Waals surface area contributed by atoms with Crippen LogP contribution in [0.2, 0.25) is 0 Å². The summed E-state index contributed by atoms with van der Waals surface area (Å²) in [5.41, 5.74) is 6.05. The minimum atomic E-state index is -0.266. The molecule has 0 saturated heterocycles.